The van der Waals surface area contributed by atoms with E-state index < -0.39 is 11.4 Å². The molecule has 1 aliphatic carbocycles. The van der Waals surface area contributed by atoms with Crippen molar-refractivity contribution in [1.82, 2.24) is 9.88 Å². The van der Waals surface area contributed by atoms with E-state index >= 15 is 0 Å². The Kier molecular flexibility index (Phi) is 3.01. The monoisotopic (exact) mass is 269 g/mol. The molecule has 0 N–H and O–H groups in total. The molecule has 2 amide bonds. The second kappa shape index (κ2) is 4.71. The molecule has 5 nitrogen and oxygen atoms in total. The lowest BCUT2D eigenvalue weighted by Gasteiger charge is -2.33. The maximum Gasteiger partial charge on any atom is 0.281 e. The quantitative estimate of drug-likeness (QED) is 0.579. The predicted octanol–water partition coefficient (Wildman–Crippen LogP) is 2.29. The van der Waals surface area contributed by atoms with E-state index in [4.69, 9.17) is 0 Å². The molecular formula is C15H15N3O2. The van der Waals surface area contributed by atoms with Crippen LogP contribution in [0.5, 0.6) is 0 Å². The van der Waals surface area contributed by atoms with Crippen molar-refractivity contribution in [2.75, 3.05) is 0 Å². The first-order valence-corrected chi connectivity index (χ1v) is 6.95. The Labute approximate surface area is 117 Å². The summed E-state index contributed by atoms with van der Waals surface area (Å²) in [6.45, 7) is 0. The number of imide groups is 1. The molecule has 0 aromatic carbocycles. The van der Waals surface area contributed by atoms with Gasteiger partial charge in [-0.1, -0.05) is 25.7 Å². The van der Waals surface area contributed by atoms with Crippen LogP contribution < -0.4 is 0 Å². The zero-order valence-electron chi connectivity index (χ0n) is 11.1. The highest BCUT2D eigenvalue weighted by molar-refractivity contribution is 6.21. The van der Waals surface area contributed by atoms with Crippen LogP contribution >= 0.6 is 0 Å². The standard InChI is InChI=1S/C15H15N3O2/c16-10-15(7-3-1-2-4-8-15)18-13(19)11-6-5-9-17-12(11)14(18)20/h5-6,9H,1-4,7-8H2. The Morgan fingerprint density at radius 2 is 1.85 bits per heavy atom. The predicted molar refractivity (Wildman–Crippen MR) is 70.8 cm³/mol. The van der Waals surface area contributed by atoms with Gasteiger partial charge in [0.2, 0.25) is 0 Å². The lowest BCUT2D eigenvalue weighted by molar-refractivity contribution is 0.0482. The van der Waals surface area contributed by atoms with E-state index in [1.54, 1.807) is 12.1 Å². The maximum atomic E-state index is 12.5. The molecule has 1 aliphatic heterocycles. The molecule has 20 heavy (non-hydrogen) atoms. The lowest BCUT2D eigenvalue weighted by atomic mass is 9.90. The average Bonchev–Trinajstić information content (AvgIpc) is 2.66. The molecule has 1 fully saturated rings. The molecule has 5 heteroatoms. The Balaban J connectivity index is 2.05. The van der Waals surface area contributed by atoms with E-state index in [1.807, 2.05) is 0 Å². The molecule has 2 aliphatic rings. The normalized spacial score (nSPS) is 21.2. The van der Waals surface area contributed by atoms with Crippen molar-refractivity contribution in [3.8, 4) is 6.07 Å². The highest BCUT2D eigenvalue weighted by Gasteiger charge is 2.49. The summed E-state index contributed by atoms with van der Waals surface area (Å²) in [6.07, 6.45) is 6.46. The fraction of sp³-hybridized carbons (Fsp3) is 0.467. The van der Waals surface area contributed by atoms with Crippen LogP contribution in [0.1, 0.15) is 59.4 Å². The van der Waals surface area contributed by atoms with Crippen molar-refractivity contribution in [2.45, 2.75) is 44.1 Å². The van der Waals surface area contributed by atoms with Crippen molar-refractivity contribution in [3.63, 3.8) is 0 Å². The van der Waals surface area contributed by atoms with Crippen LogP contribution in [0.2, 0.25) is 0 Å². The van der Waals surface area contributed by atoms with Crippen molar-refractivity contribution in [3.05, 3.63) is 29.6 Å². The van der Waals surface area contributed by atoms with Gasteiger partial charge in [-0.2, -0.15) is 5.26 Å². The Bertz CT molecular complexity index is 575. The van der Waals surface area contributed by atoms with Gasteiger partial charge in [-0.25, -0.2) is 0 Å². The van der Waals surface area contributed by atoms with Gasteiger partial charge in [0.15, 0.2) is 0 Å². The minimum Gasteiger partial charge on any atom is -0.268 e. The highest BCUT2D eigenvalue weighted by Crippen LogP contribution is 2.37. The molecule has 0 spiro atoms. The van der Waals surface area contributed by atoms with Crippen molar-refractivity contribution in [1.29, 1.82) is 5.26 Å². The average molecular weight is 269 g/mol. The van der Waals surface area contributed by atoms with Crippen LogP contribution in [0.25, 0.3) is 0 Å². The van der Waals surface area contributed by atoms with Gasteiger partial charge in [0.25, 0.3) is 11.8 Å². The highest BCUT2D eigenvalue weighted by atomic mass is 16.2. The van der Waals surface area contributed by atoms with E-state index in [2.05, 4.69) is 11.1 Å². The molecule has 0 bridgehead atoms. The summed E-state index contributed by atoms with van der Waals surface area (Å²) in [6, 6.07) is 5.49. The van der Waals surface area contributed by atoms with Crippen molar-refractivity contribution >= 4 is 11.8 Å². The minimum atomic E-state index is -0.995. The SMILES string of the molecule is N#CC1(N2C(=O)c3cccnc3C2=O)CCCCCC1. The zero-order valence-corrected chi connectivity index (χ0v) is 11.1. The van der Waals surface area contributed by atoms with E-state index in [0.29, 0.717) is 18.4 Å². The molecule has 3 rings (SSSR count). The Morgan fingerprint density at radius 1 is 1.15 bits per heavy atom. The number of pyridine rings is 1. The van der Waals surface area contributed by atoms with Crippen LogP contribution in [-0.4, -0.2) is 27.2 Å². The summed E-state index contributed by atoms with van der Waals surface area (Å²) < 4.78 is 0. The fourth-order valence-electron chi connectivity index (χ4n) is 3.15. The number of hydrogen-bond acceptors (Lipinski definition) is 4. The summed E-state index contributed by atoms with van der Waals surface area (Å²) in [5.74, 6) is -0.796. The zero-order chi connectivity index (χ0) is 14.2. The van der Waals surface area contributed by atoms with Gasteiger partial charge in [0, 0.05) is 6.20 Å². The third-order valence-electron chi connectivity index (χ3n) is 4.21. The minimum absolute atomic E-state index is 0.177. The summed E-state index contributed by atoms with van der Waals surface area (Å²) in [5.41, 5.74) is -0.501. The van der Waals surface area contributed by atoms with Gasteiger partial charge in [0.1, 0.15) is 11.2 Å². The molecule has 2 heterocycles. The summed E-state index contributed by atoms with van der Waals surface area (Å²) in [5, 5.41) is 9.62. The topological polar surface area (TPSA) is 74.1 Å². The number of rotatable bonds is 1. The molecular weight excluding hydrogens is 254 g/mol. The number of carbonyl (C=O) groups excluding carboxylic acids is 2. The molecule has 102 valence electrons. The van der Waals surface area contributed by atoms with Crippen LogP contribution in [0.15, 0.2) is 18.3 Å². The van der Waals surface area contributed by atoms with Crippen LogP contribution in [0.4, 0.5) is 0 Å². The number of carbonyl (C=O) groups is 2. The number of aromatic nitrogens is 1. The number of fused-ring (bicyclic) bond motifs is 1. The van der Waals surface area contributed by atoms with E-state index in [9.17, 15) is 14.9 Å². The molecule has 0 saturated heterocycles. The van der Waals surface area contributed by atoms with Crippen LogP contribution in [-0.2, 0) is 0 Å². The first-order chi connectivity index (χ1) is 9.69. The second-order valence-corrected chi connectivity index (χ2v) is 5.40. The molecule has 1 saturated carbocycles. The first-order valence-electron chi connectivity index (χ1n) is 6.95. The van der Waals surface area contributed by atoms with E-state index in [0.717, 1.165) is 30.6 Å². The molecule has 0 atom stereocenters. The number of nitrogens with zero attached hydrogens (tertiary/aromatic N) is 3. The van der Waals surface area contributed by atoms with Gasteiger partial charge >= 0.3 is 0 Å². The van der Waals surface area contributed by atoms with Gasteiger partial charge in [-0.05, 0) is 25.0 Å². The largest absolute Gasteiger partial charge is 0.281 e. The Hall–Kier alpha value is -2.22. The second-order valence-electron chi connectivity index (χ2n) is 5.40. The summed E-state index contributed by atoms with van der Waals surface area (Å²) >= 11 is 0. The number of nitriles is 1. The lowest BCUT2D eigenvalue weighted by Crippen LogP contribution is -2.50. The van der Waals surface area contributed by atoms with E-state index in [1.165, 1.54) is 6.20 Å². The van der Waals surface area contributed by atoms with Gasteiger partial charge in [0.05, 0.1) is 11.6 Å². The van der Waals surface area contributed by atoms with Crippen molar-refractivity contribution < 1.29 is 9.59 Å². The van der Waals surface area contributed by atoms with Crippen LogP contribution in [0.3, 0.4) is 0 Å². The van der Waals surface area contributed by atoms with Gasteiger partial charge in [-0.15, -0.1) is 0 Å². The molecule has 1 aromatic heterocycles. The number of hydrogen-bond donors (Lipinski definition) is 0. The fourth-order valence-corrected chi connectivity index (χ4v) is 3.15. The molecule has 1 aromatic rings. The summed E-state index contributed by atoms with van der Waals surface area (Å²) in [7, 11) is 0. The van der Waals surface area contributed by atoms with E-state index in [-0.39, 0.29) is 11.6 Å². The smallest absolute Gasteiger partial charge is 0.268 e. The van der Waals surface area contributed by atoms with Gasteiger partial charge in [-0.3, -0.25) is 19.5 Å². The Morgan fingerprint density at radius 3 is 2.45 bits per heavy atom. The molecule has 0 unspecified atom stereocenters. The summed E-state index contributed by atoms with van der Waals surface area (Å²) in [4.78, 5) is 30.1. The third-order valence-corrected chi connectivity index (χ3v) is 4.21. The maximum absolute atomic E-state index is 12.5. The van der Waals surface area contributed by atoms with Gasteiger partial charge < -0.3 is 0 Å². The number of amides is 2. The van der Waals surface area contributed by atoms with Crippen molar-refractivity contribution in [2.24, 2.45) is 0 Å². The first kappa shape index (κ1) is 12.8. The molecule has 0 radical (unpaired) electrons. The van der Waals surface area contributed by atoms with Crippen LogP contribution in [0, 0.1) is 11.3 Å². The third kappa shape index (κ3) is 1.72.